The number of rotatable bonds is 5. The van der Waals surface area contributed by atoms with Gasteiger partial charge in [0.1, 0.15) is 0 Å². The minimum Gasteiger partial charge on any atom is -0.295 e. The van der Waals surface area contributed by atoms with E-state index in [4.69, 9.17) is 34.8 Å². The van der Waals surface area contributed by atoms with Crippen LogP contribution in [-0.4, -0.2) is 25.8 Å². The number of carbonyl (C=O) groups excluding carboxylic acids is 1. The van der Waals surface area contributed by atoms with Crippen LogP contribution in [0.5, 0.6) is 0 Å². The van der Waals surface area contributed by atoms with Crippen LogP contribution in [-0.2, 0) is 0 Å². The number of hydrogen-bond acceptors (Lipinski definition) is 6. The number of nitrogens with zero attached hydrogens (tertiary/aromatic N) is 4. The van der Waals surface area contributed by atoms with Crippen LogP contribution in [0, 0.1) is 17.0 Å². The van der Waals surface area contributed by atoms with Crippen molar-refractivity contribution in [3.05, 3.63) is 73.0 Å². The van der Waals surface area contributed by atoms with Crippen molar-refractivity contribution >= 4 is 52.1 Å². The Balaban J connectivity index is 1.81. The molecule has 28 heavy (non-hydrogen) atoms. The molecule has 2 N–H and O–H groups in total. The van der Waals surface area contributed by atoms with E-state index in [1.807, 2.05) is 0 Å². The van der Waals surface area contributed by atoms with Gasteiger partial charge in [-0.3, -0.25) is 25.8 Å². The SMILES string of the molecule is Cc1c(C(=O)NNc2c(Cl)cc(Cl)cc2Cl)nnn1-c1cccc([N+](=O)[O-])c1. The van der Waals surface area contributed by atoms with Gasteiger partial charge >= 0.3 is 0 Å². The molecule has 1 amide bonds. The maximum absolute atomic E-state index is 12.4. The molecule has 0 bridgehead atoms. The first-order valence-electron chi connectivity index (χ1n) is 7.66. The molecule has 0 aliphatic rings. The third-order valence-electron chi connectivity index (χ3n) is 3.70. The zero-order chi connectivity index (χ0) is 20.4. The lowest BCUT2D eigenvalue weighted by Crippen LogP contribution is -2.30. The number of benzene rings is 2. The van der Waals surface area contributed by atoms with E-state index < -0.39 is 10.8 Å². The smallest absolute Gasteiger partial charge is 0.292 e. The van der Waals surface area contributed by atoms with Gasteiger partial charge in [-0.15, -0.1) is 5.10 Å². The highest BCUT2D eigenvalue weighted by Gasteiger charge is 2.19. The number of anilines is 1. The first-order chi connectivity index (χ1) is 13.3. The lowest BCUT2D eigenvalue weighted by Gasteiger charge is -2.11. The molecule has 9 nitrogen and oxygen atoms in total. The maximum Gasteiger partial charge on any atom is 0.292 e. The Hall–Kier alpha value is -2.88. The van der Waals surface area contributed by atoms with Gasteiger partial charge in [0.05, 0.1) is 32.0 Å². The fourth-order valence-corrected chi connectivity index (χ4v) is 3.27. The van der Waals surface area contributed by atoms with Crippen molar-refractivity contribution in [2.75, 3.05) is 5.43 Å². The number of nitro benzene ring substituents is 1. The molecule has 0 saturated carbocycles. The number of aromatic nitrogens is 3. The standard InChI is InChI=1S/C16H11Cl3N6O3/c1-8-14(16(26)22-20-15-12(18)5-9(17)6-13(15)19)21-23-24(8)10-3-2-4-11(7-10)25(27)28/h2-7,20H,1H3,(H,22,26). The molecule has 0 radical (unpaired) electrons. The highest BCUT2D eigenvalue weighted by Crippen LogP contribution is 2.33. The summed E-state index contributed by atoms with van der Waals surface area (Å²) in [6.07, 6.45) is 0. The van der Waals surface area contributed by atoms with E-state index >= 15 is 0 Å². The van der Waals surface area contributed by atoms with E-state index in [0.29, 0.717) is 16.4 Å². The van der Waals surface area contributed by atoms with E-state index in [0.717, 1.165) is 0 Å². The van der Waals surface area contributed by atoms with Gasteiger partial charge in [0.15, 0.2) is 5.69 Å². The molecule has 0 saturated heterocycles. The molecule has 2 aromatic carbocycles. The van der Waals surface area contributed by atoms with E-state index in [-0.39, 0.29) is 27.1 Å². The van der Waals surface area contributed by atoms with E-state index in [9.17, 15) is 14.9 Å². The Labute approximate surface area is 173 Å². The first kappa shape index (κ1) is 19.9. The minimum absolute atomic E-state index is 0.0141. The molecular weight excluding hydrogens is 431 g/mol. The molecule has 1 heterocycles. The molecule has 12 heteroatoms. The molecule has 144 valence electrons. The summed E-state index contributed by atoms with van der Waals surface area (Å²) >= 11 is 17.9. The molecule has 0 atom stereocenters. The van der Waals surface area contributed by atoms with Gasteiger partial charge in [-0.1, -0.05) is 46.1 Å². The van der Waals surface area contributed by atoms with Gasteiger partial charge < -0.3 is 0 Å². The number of nitro groups is 1. The quantitative estimate of drug-likeness (QED) is 0.453. The number of nitrogens with one attached hydrogen (secondary N) is 2. The Kier molecular flexibility index (Phi) is 5.68. The molecule has 3 rings (SSSR count). The second-order valence-electron chi connectivity index (χ2n) is 5.54. The van der Waals surface area contributed by atoms with Gasteiger partial charge in [0.2, 0.25) is 0 Å². The Bertz CT molecular complexity index is 1060. The minimum atomic E-state index is -0.601. The Morgan fingerprint density at radius 1 is 1.18 bits per heavy atom. The van der Waals surface area contributed by atoms with Crippen LogP contribution in [0.25, 0.3) is 5.69 Å². The Morgan fingerprint density at radius 2 is 1.86 bits per heavy atom. The van der Waals surface area contributed by atoms with Gasteiger partial charge in [-0.05, 0) is 25.1 Å². The number of carbonyl (C=O) groups is 1. The van der Waals surface area contributed by atoms with E-state index in [2.05, 4.69) is 21.2 Å². The lowest BCUT2D eigenvalue weighted by molar-refractivity contribution is -0.384. The molecule has 0 fully saturated rings. The Morgan fingerprint density at radius 3 is 2.50 bits per heavy atom. The number of hydrazine groups is 1. The average molecular weight is 442 g/mol. The van der Waals surface area contributed by atoms with Crippen LogP contribution in [0.1, 0.15) is 16.2 Å². The summed E-state index contributed by atoms with van der Waals surface area (Å²) in [5.41, 5.74) is 6.00. The molecule has 3 aromatic rings. The van der Waals surface area contributed by atoms with Crippen molar-refractivity contribution in [3.63, 3.8) is 0 Å². The largest absolute Gasteiger partial charge is 0.295 e. The summed E-state index contributed by atoms with van der Waals surface area (Å²) in [4.78, 5) is 22.9. The lowest BCUT2D eigenvalue weighted by atomic mass is 10.2. The summed E-state index contributed by atoms with van der Waals surface area (Å²) in [5.74, 6) is -0.601. The van der Waals surface area contributed by atoms with Crippen molar-refractivity contribution in [2.24, 2.45) is 0 Å². The molecule has 0 aliphatic carbocycles. The monoisotopic (exact) mass is 440 g/mol. The van der Waals surface area contributed by atoms with E-state index in [1.165, 1.54) is 35.0 Å². The third-order valence-corrected chi connectivity index (χ3v) is 4.52. The van der Waals surface area contributed by atoms with Crippen molar-refractivity contribution in [1.82, 2.24) is 20.4 Å². The molecule has 0 aliphatic heterocycles. The molecule has 1 aromatic heterocycles. The summed E-state index contributed by atoms with van der Waals surface area (Å²) in [5, 5.41) is 19.5. The van der Waals surface area contributed by atoms with Gasteiger partial charge in [-0.25, -0.2) is 4.68 Å². The van der Waals surface area contributed by atoms with Crippen molar-refractivity contribution < 1.29 is 9.72 Å². The van der Waals surface area contributed by atoms with Crippen LogP contribution in [0.3, 0.4) is 0 Å². The van der Waals surface area contributed by atoms with Gasteiger partial charge in [0.25, 0.3) is 11.6 Å². The maximum atomic E-state index is 12.4. The highest BCUT2D eigenvalue weighted by molar-refractivity contribution is 6.41. The van der Waals surface area contributed by atoms with Crippen LogP contribution in [0.4, 0.5) is 11.4 Å². The highest BCUT2D eigenvalue weighted by atomic mass is 35.5. The average Bonchev–Trinajstić information content (AvgIpc) is 3.02. The van der Waals surface area contributed by atoms with Crippen LogP contribution in [0.2, 0.25) is 15.1 Å². The number of hydrogen-bond donors (Lipinski definition) is 2. The number of amides is 1. The van der Waals surface area contributed by atoms with Crippen LogP contribution < -0.4 is 10.9 Å². The van der Waals surface area contributed by atoms with Gasteiger partial charge in [0, 0.05) is 17.2 Å². The molecular formula is C16H11Cl3N6O3. The number of non-ortho nitro benzene ring substituents is 1. The third kappa shape index (κ3) is 4.01. The molecule has 0 spiro atoms. The van der Waals surface area contributed by atoms with Gasteiger partial charge in [-0.2, -0.15) is 0 Å². The summed E-state index contributed by atoms with van der Waals surface area (Å²) in [6, 6.07) is 8.74. The second-order valence-corrected chi connectivity index (χ2v) is 6.79. The fourth-order valence-electron chi connectivity index (χ4n) is 2.36. The second kappa shape index (κ2) is 8.01. The topological polar surface area (TPSA) is 115 Å². The molecule has 0 unspecified atom stereocenters. The van der Waals surface area contributed by atoms with Crippen molar-refractivity contribution in [1.29, 1.82) is 0 Å². The summed E-state index contributed by atoms with van der Waals surface area (Å²) in [6.45, 7) is 1.61. The normalized spacial score (nSPS) is 10.6. The van der Waals surface area contributed by atoms with Crippen LogP contribution >= 0.6 is 34.8 Å². The zero-order valence-corrected chi connectivity index (χ0v) is 16.4. The fraction of sp³-hybridized carbons (Fsp3) is 0.0625. The zero-order valence-electron chi connectivity index (χ0n) is 14.1. The summed E-state index contributed by atoms with van der Waals surface area (Å²) < 4.78 is 1.32. The number of halogens is 3. The predicted molar refractivity (Wildman–Crippen MR) is 105 cm³/mol. The first-order valence-corrected chi connectivity index (χ1v) is 8.79. The van der Waals surface area contributed by atoms with E-state index in [1.54, 1.807) is 13.0 Å². The van der Waals surface area contributed by atoms with Crippen molar-refractivity contribution in [2.45, 2.75) is 6.92 Å². The summed E-state index contributed by atoms with van der Waals surface area (Å²) in [7, 11) is 0. The van der Waals surface area contributed by atoms with Crippen molar-refractivity contribution in [3.8, 4) is 5.69 Å². The predicted octanol–water partition coefficient (Wildman–Crippen LogP) is 4.20. The van der Waals surface area contributed by atoms with Crippen LogP contribution in [0.15, 0.2) is 36.4 Å².